The lowest BCUT2D eigenvalue weighted by Crippen LogP contribution is -2.24. The summed E-state index contributed by atoms with van der Waals surface area (Å²) in [5.41, 5.74) is 2.29. The maximum absolute atomic E-state index is 5.47. The molecule has 0 bridgehead atoms. The first-order valence-electron chi connectivity index (χ1n) is 6.94. The zero-order valence-corrected chi connectivity index (χ0v) is 15.3. The molecule has 1 heterocycles. The van der Waals surface area contributed by atoms with Crippen LogP contribution >= 0.6 is 31.9 Å². The van der Waals surface area contributed by atoms with Gasteiger partial charge in [-0.1, -0.05) is 22.9 Å². The summed E-state index contributed by atoms with van der Waals surface area (Å²) in [4.78, 5) is 0. The molecule has 21 heavy (non-hydrogen) atoms. The van der Waals surface area contributed by atoms with E-state index in [-0.39, 0.29) is 6.04 Å². The molecule has 3 nitrogen and oxygen atoms in total. The van der Waals surface area contributed by atoms with Crippen LogP contribution in [0.1, 0.15) is 30.5 Å². The molecular formula is C16H19Br2NO2. The fraction of sp³-hybridized carbons (Fsp3) is 0.375. The summed E-state index contributed by atoms with van der Waals surface area (Å²) in [6.07, 6.45) is 3.63. The number of benzene rings is 1. The summed E-state index contributed by atoms with van der Waals surface area (Å²) in [6, 6.07) is 8.27. The zero-order valence-electron chi connectivity index (χ0n) is 12.2. The largest absolute Gasteiger partial charge is 0.496 e. The molecule has 1 N–H and O–H groups in total. The molecule has 5 heteroatoms. The number of hydrogen-bond donors (Lipinski definition) is 1. The molecular weight excluding hydrogens is 398 g/mol. The third-order valence-corrected chi connectivity index (χ3v) is 4.47. The van der Waals surface area contributed by atoms with E-state index in [2.05, 4.69) is 50.2 Å². The molecule has 1 atom stereocenters. The van der Waals surface area contributed by atoms with Gasteiger partial charge in [-0.15, -0.1) is 0 Å². The van der Waals surface area contributed by atoms with Crippen molar-refractivity contribution < 1.29 is 9.15 Å². The Morgan fingerprint density at radius 2 is 2.10 bits per heavy atom. The Morgan fingerprint density at radius 1 is 1.29 bits per heavy atom. The lowest BCUT2D eigenvalue weighted by atomic mass is 10.00. The van der Waals surface area contributed by atoms with Crippen LogP contribution in [0, 0.1) is 0 Å². The molecule has 0 aliphatic heterocycles. The van der Waals surface area contributed by atoms with Gasteiger partial charge in [0, 0.05) is 16.1 Å². The van der Waals surface area contributed by atoms with Crippen LogP contribution in [-0.2, 0) is 6.42 Å². The van der Waals surface area contributed by atoms with Crippen LogP contribution < -0.4 is 10.1 Å². The van der Waals surface area contributed by atoms with E-state index in [1.165, 1.54) is 0 Å². The Labute approximate surface area is 142 Å². The number of halogens is 2. The number of hydrogen-bond acceptors (Lipinski definition) is 3. The van der Waals surface area contributed by atoms with Crippen molar-refractivity contribution in [3.63, 3.8) is 0 Å². The fourth-order valence-corrected chi connectivity index (χ4v) is 3.22. The summed E-state index contributed by atoms with van der Waals surface area (Å²) in [5.74, 6) is 0.904. The summed E-state index contributed by atoms with van der Waals surface area (Å²) in [7, 11) is 1.70. The second-order valence-electron chi connectivity index (χ2n) is 4.82. The van der Waals surface area contributed by atoms with Crippen LogP contribution in [0.25, 0.3) is 0 Å². The number of furan rings is 1. The van der Waals surface area contributed by atoms with E-state index >= 15 is 0 Å². The molecule has 2 aromatic rings. The summed E-state index contributed by atoms with van der Waals surface area (Å²) >= 11 is 7.00. The molecule has 0 aliphatic rings. The highest BCUT2D eigenvalue weighted by molar-refractivity contribution is 9.10. The highest BCUT2D eigenvalue weighted by atomic mass is 79.9. The number of methoxy groups -OCH3 is 1. The quantitative estimate of drug-likeness (QED) is 0.681. The molecule has 1 aromatic carbocycles. The van der Waals surface area contributed by atoms with Gasteiger partial charge < -0.3 is 14.5 Å². The van der Waals surface area contributed by atoms with Crippen molar-refractivity contribution in [2.24, 2.45) is 0 Å². The topological polar surface area (TPSA) is 34.4 Å². The van der Waals surface area contributed by atoms with E-state index in [1.807, 2.05) is 18.2 Å². The Morgan fingerprint density at radius 3 is 2.71 bits per heavy atom. The van der Waals surface area contributed by atoms with Crippen LogP contribution in [0.2, 0.25) is 0 Å². The average molecular weight is 417 g/mol. The summed E-state index contributed by atoms with van der Waals surface area (Å²) in [6.45, 7) is 3.12. The fourth-order valence-electron chi connectivity index (χ4n) is 2.29. The van der Waals surface area contributed by atoms with Crippen molar-refractivity contribution in [1.82, 2.24) is 5.32 Å². The second-order valence-corrected chi connectivity index (χ2v) is 6.45. The lowest BCUT2D eigenvalue weighted by Gasteiger charge is -2.19. The molecule has 0 radical (unpaired) electrons. The smallest absolute Gasteiger partial charge is 0.173 e. The Bertz CT molecular complexity index is 583. The molecule has 2 rings (SSSR count). The Kier molecular flexibility index (Phi) is 6.33. The average Bonchev–Trinajstić information content (AvgIpc) is 2.90. The van der Waals surface area contributed by atoms with Gasteiger partial charge >= 0.3 is 0 Å². The minimum Gasteiger partial charge on any atom is -0.496 e. The van der Waals surface area contributed by atoms with Crippen LogP contribution in [0.4, 0.5) is 0 Å². The highest BCUT2D eigenvalue weighted by Crippen LogP contribution is 2.31. The van der Waals surface area contributed by atoms with Crippen molar-refractivity contribution in [1.29, 1.82) is 0 Å². The van der Waals surface area contributed by atoms with Gasteiger partial charge in [0.2, 0.25) is 0 Å². The van der Waals surface area contributed by atoms with Gasteiger partial charge in [-0.3, -0.25) is 0 Å². The van der Waals surface area contributed by atoms with E-state index in [4.69, 9.17) is 9.15 Å². The zero-order chi connectivity index (χ0) is 15.2. The van der Waals surface area contributed by atoms with E-state index in [9.17, 15) is 0 Å². The maximum atomic E-state index is 5.47. The first-order valence-corrected chi connectivity index (χ1v) is 8.53. The lowest BCUT2D eigenvalue weighted by molar-refractivity contribution is 0.404. The van der Waals surface area contributed by atoms with Gasteiger partial charge in [0.05, 0.1) is 13.4 Å². The predicted molar refractivity (Wildman–Crippen MR) is 91.8 cm³/mol. The highest BCUT2D eigenvalue weighted by Gasteiger charge is 2.18. The Balaban J connectivity index is 2.26. The first-order chi connectivity index (χ1) is 10.2. The molecule has 1 unspecified atom stereocenters. The Hall–Kier alpha value is -0.780. The molecule has 1 aromatic heterocycles. The molecule has 0 amide bonds. The van der Waals surface area contributed by atoms with Crippen LogP contribution in [0.5, 0.6) is 5.75 Å². The van der Waals surface area contributed by atoms with Crippen LogP contribution in [0.3, 0.4) is 0 Å². The van der Waals surface area contributed by atoms with E-state index in [0.29, 0.717) is 0 Å². The van der Waals surface area contributed by atoms with Crippen LogP contribution in [-0.4, -0.2) is 13.7 Å². The maximum Gasteiger partial charge on any atom is 0.173 e. The van der Waals surface area contributed by atoms with Crippen molar-refractivity contribution in [2.45, 2.75) is 25.8 Å². The van der Waals surface area contributed by atoms with Gasteiger partial charge in [0.1, 0.15) is 5.75 Å². The van der Waals surface area contributed by atoms with E-state index < -0.39 is 0 Å². The number of ether oxygens (including phenoxy) is 1. The SMILES string of the molecule is CCCNC(Cc1cc(Br)ccc1OC)c1ccoc1Br. The van der Waals surface area contributed by atoms with Crippen molar-refractivity contribution in [3.8, 4) is 5.75 Å². The standard InChI is InChI=1S/C16H19Br2NO2/c1-3-7-19-14(13-6-8-21-16(13)18)10-11-9-12(17)4-5-15(11)20-2/h4-6,8-9,14,19H,3,7,10H2,1-2H3. The van der Waals surface area contributed by atoms with Gasteiger partial charge in [-0.2, -0.15) is 0 Å². The van der Waals surface area contributed by atoms with Gasteiger partial charge in [0.25, 0.3) is 0 Å². The molecule has 0 spiro atoms. The molecule has 0 aliphatic carbocycles. The van der Waals surface area contributed by atoms with Crippen LogP contribution in [0.15, 0.2) is 44.1 Å². The first kappa shape index (κ1) is 16.6. The molecule has 0 saturated heterocycles. The summed E-state index contributed by atoms with van der Waals surface area (Å²) < 4.78 is 12.7. The summed E-state index contributed by atoms with van der Waals surface area (Å²) in [5, 5.41) is 3.57. The van der Waals surface area contributed by atoms with E-state index in [0.717, 1.165) is 45.4 Å². The second kappa shape index (κ2) is 8.01. The minimum absolute atomic E-state index is 0.182. The predicted octanol–water partition coefficient (Wildman–Crippen LogP) is 5.10. The van der Waals surface area contributed by atoms with Gasteiger partial charge in [-0.25, -0.2) is 0 Å². The number of nitrogens with one attached hydrogen (secondary N) is 1. The normalized spacial score (nSPS) is 12.4. The molecule has 0 fully saturated rings. The van der Waals surface area contributed by atoms with Crippen molar-refractivity contribution in [2.75, 3.05) is 13.7 Å². The molecule has 114 valence electrons. The van der Waals surface area contributed by atoms with Crippen molar-refractivity contribution >= 4 is 31.9 Å². The van der Waals surface area contributed by atoms with Gasteiger partial charge in [0.15, 0.2) is 4.67 Å². The third kappa shape index (κ3) is 4.34. The number of rotatable bonds is 7. The minimum atomic E-state index is 0.182. The molecule has 0 saturated carbocycles. The van der Waals surface area contributed by atoms with Gasteiger partial charge in [-0.05, 0) is 65.1 Å². The van der Waals surface area contributed by atoms with E-state index in [1.54, 1.807) is 13.4 Å². The van der Waals surface area contributed by atoms with Crippen molar-refractivity contribution in [3.05, 3.63) is 50.8 Å². The third-order valence-electron chi connectivity index (χ3n) is 3.33. The monoisotopic (exact) mass is 415 g/mol.